The fourth-order valence-electron chi connectivity index (χ4n) is 3.93. The number of nitrogens with two attached hydrogens (primary N) is 1. The summed E-state index contributed by atoms with van der Waals surface area (Å²) in [6.45, 7) is 7.22. The largest absolute Gasteiger partial charge is 0.417 e. The van der Waals surface area contributed by atoms with Crippen molar-refractivity contribution >= 4 is 40.3 Å². The Bertz CT molecular complexity index is 1160. The van der Waals surface area contributed by atoms with E-state index in [0.717, 1.165) is 19.2 Å². The first-order chi connectivity index (χ1) is 15.6. The second kappa shape index (κ2) is 8.97. The fraction of sp³-hybridized carbons (Fsp3) is 0.304. The van der Waals surface area contributed by atoms with Crippen LogP contribution in [0.5, 0.6) is 0 Å². The summed E-state index contributed by atoms with van der Waals surface area (Å²) in [5.41, 5.74) is 9.58. The van der Waals surface area contributed by atoms with Gasteiger partial charge in [0.15, 0.2) is 11.6 Å². The number of hydrogen-bond donors (Lipinski definition) is 2. The number of nitrogen functional groups attached to an aromatic ring is 1. The van der Waals surface area contributed by atoms with Crippen molar-refractivity contribution in [3.63, 3.8) is 0 Å². The van der Waals surface area contributed by atoms with Gasteiger partial charge < -0.3 is 20.9 Å². The van der Waals surface area contributed by atoms with Crippen LogP contribution < -0.4 is 20.9 Å². The Labute approximate surface area is 195 Å². The molecular weight excluding hydrogens is 453 g/mol. The van der Waals surface area contributed by atoms with E-state index in [1.165, 1.54) is 35.3 Å². The molecule has 3 aromatic rings. The third-order valence-corrected chi connectivity index (χ3v) is 6.22. The highest BCUT2D eigenvalue weighted by Gasteiger charge is 2.33. The Morgan fingerprint density at radius 1 is 1.00 bits per heavy atom. The maximum atomic E-state index is 13.2. The molecule has 1 aromatic heterocycles. The zero-order valence-corrected chi connectivity index (χ0v) is 19.0. The lowest BCUT2D eigenvalue weighted by atomic mass is 10.1. The van der Waals surface area contributed by atoms with E-state index in [-0.39, 0.29) is 22.2 Å². The first kappa shape index (κ1) is 23.0. The van der Waals surface area contributed by atoms with Crippen LogP contribution in [-0.2, 0) is 6.18 Å². The number of benzene rings is 2. The van der Waals surface area contributed by atoms with E-state index in [9.17, 15) is 13.2 Å². The molecule has 0 amide bonds. The average molecular weight is 477 g/mol. The van der Waals surface area contributed by atoms with Crippen molar-refractivity contribution < 1.29 is 13.2 Å². The Balaban J connectivity index is 1.51. The second-order valence-electron chi connectivity index (χ2n) is 7.97. The van der Waals surface area contributed by atoms with Gasteiger partial charge in [0, 0.05) is 37.6 Å². The number of aryl methyl sites for hydroxylation is 1. The maximum absolute atomic E-state index is 13.2. The van der Waals surface area contributed by atoms with Gasteiger partial charge in [-0.15, -0.1) is 0 Å². The second-order valence-corrected chi connectivity index (χ2v) is 8.38. The summed E-state index contributed by atoms with van der Waals surface area (Å²) in [4.78, 5) is 12.9. The van der Waals surface area contributed by atoms with E-state index in [1.807, 2.05) is 0 Å². The maximum Gasteiger partial charge on any atom is 0.417 e. The Kier molecular flexibility index (Phi) is 6.25. The average Bonchev–Trinajstić information content (AvgIpc) is 2.78. The van der Waals surface area contributed by atoms with Gasteiger partial charge in [0.2, 0.25) is 0 Å². The van der Waals surface area contributed by atoms with Crippen molar-refractivity contribution in [2.45, 2.75) is 20.0 Å². The van der Waals surface area contributed by atoms with Crippen LogP contribution in [0.3, 0.4) is 0 Å². The number of halogens is 4. The molecular formula is C23H24ClF3N6. The molecule has 33 heavy (non-hydrogen) atoms. The zero-order valence-electron chi connectivity index (χ0n) is 18.2. The van der Waals surface area contributed by atoms with Gasteiger partial charge in [-0.2, -0.15) is 13.2 Å². The molecule has 0 radical (unpaired) electrons. The van der Waals surface area contributed by atoms with Crippen molar-refractivity contribution in [2.24, 2.45) is 0 Å². The summed E-state index contributed by atoms with van der Waals surface area (Å²) < 4.78 is 39.5. The number of nitrogens with one attached hydrogen (secondary N) is 1. The molecule has 0 bridgehead atoms. The molecule has 1 saturated heterocycles. The molecule has 6 nitrogen and oxygen atoms in total. The molecule has 0 atom stereocenters. The van der Waals surface area contributed by atoms with E-state index < -0.39 is 11.7 Å². The summed E-state index contributed by atoms with van der Waals surface area (Å²) in [7, 11) is 0. The minimum absolute atomic E-state index is 0.183. The summed E-state index contributed by atoms with van der Waals surface area (Å²) in [6, 6.07) is 9.86. The molecule has 1 aliphatic rings. The normalized spacial score (nSPS) is 14.5. The number of aromatic nitrogens is 2. The van der Waals surface area contributed by atoms with E-state index in [0.29, 0.717) is 18.9 Å². The van der Waals surface area contributed by atoms with Crippen LogP contribution >= 0.6 is 11.6 Å². The zero-order chi connectivity index (χ0) is 23.8. The molecule has 4 rings (SSSR count). The molecule has 10 heteroatoms. The molecule has 0 unspecified atom stereocenters. The van der Waals surface area contributed by atoms with Gasteiger partial charge in [0.1, 0.15) is 12.0 Å². The van der Waals surface area contributed by atoms with Crippen LogP contribution in [0.2, 0.25) is 5.02 Å². The van der Waals surface area contributed by atoms with Gasteiger partial charge in [-0.25, -0.2) is 9.97 Å². The van der Waals surface area contributed by atoms with E-state index in [1.54, 1.807) is 0 Å². The summed E-state index contributed by atoms with van der Waals surface area (Å²) in [5.74, 6) is 0.797. The third-order valence-electron chi connectivity index (χ3n) is 5.89. The number of piperazine rings is 1. The van der Waals surface area contributed by atoms with Crippen molar-refractivity contribution in [2.75, 3.05) is 47.0 Å². The molecule has 0 aliphatic carbocycles. The molecule has 1 aliphatic heterocycles. The van der Waals surface area contributed by atoms with Gasteiger partial charge in [0.25, 0.3) is 0 Å². The summed E-state index contributed by atoms with van der Waals surface area (Å²) >= 11 is 5.71. The number of nitrogens with zero attached hydrogens (tertiary/aromatic N) is 4. The quantitative estimate of drug-likeness (QED) is 0.524. The lowest BCUT2D eigenvalue weighted by Gasteiger charge is -2.38. The van der Waals surface area contributed by atoms with Crippen LogP contribution in [0, 0.1) is 13.8 Å². The highest BCUT2D eigenvalue weighted by Crippen LogP contribution is 2.37. The van der Waals surface area contributed by atoms with E-state index >= 15 is 0 Å². The predicted octanol–water partition coefficient (Wildman–Crippen LogP) is 5.42. The monoisotopic (exact) mass is 476 g/mol. The number of anilines is 5. The SMILES string of the molecule is Cc1cccc(N2CCN(c3ncnc(Nc4ccc(Cl)c(C(F)(F)F)c4)c3N)CC2)c1C. The Hall–Kier alpha value is -3.20. The van der Waals surface area contributed by atoms with Crippen LogP contribution in [0.25, 0.3) is 0 Å². The van der Waals surface area contributed by atoms with Crippen LogP contribution in [0.1, 0.15) is 16.7 Å². The molecule has 174 valence electrons. The van der Waals surface area contributed by atoms with Gasteiger partial charge >= 0.3 is 6.18 Å². The Morgan fingerprint density at radius 3 is 2.39 bits per heavy atom. The van der Waals surface area contributed by atoms with Crippen molar-refractivity contribution in [1.82, 2.24) is 9.97 Å². The first-order valence-corrected chi connectivity index (χ1v) is 10.8. The smallest absolute Gasteiger partial charge is 0.393 e. The fourth-order valence-corrected chi connectivity index (χ4v) is 4.16. The standard InChI is InChI=1S/C23H24ClF3N6/c1-14-4-3-5-19(15(14)2)32-8-10-33(11-9-32)22-20(28)21(29-13-30-22)31-16-6-7-18(24)17(12-16)23(25,26)27/h3-7,12-13H,8-11,28H2,1-2H3,(H,29,30,31). The van der Waals surface area contributed by atoms with Crippen molar-refractivity contribution in [1.29, 1.82) is 0 Å². The van der Waals surface area contributed by atoms with Gasteiger partial charge in [-0.1, -0.05) is 23.7 Å². The number of rotatable bonds is 4. The minimum atomic E-state index is -4.56. The number of alkyl halides is 3. The molecule has 0 saturated carbocycles. The summed E-state index contributed by atoms with van der Waals surface area (Å²) in [5, 5.41) is 2.50. The van der Waals surface area contributed by atoms with Crippen LogP contribution in [0.4, 0.5) is 41.9 Å². The van der Waals surface area contributed by atoms with Crippen molar-refractivity contribution in [3.05, 3.63) is 64.4 Å². The third kappa shape index (κ3) is 4.78. The van der Waals surface area contributed by atoms with E-state index in [4.69, 9.17) is 17.3 Å². The minimum Gasteiger partial charge on any atom is -0.393 e. The Morgan fingerprint density at radius 2 is 1.70 bits per heavy atom. The predicted molar refractivity (Wildman–Crippen MR) is 127 cm³/mol. The molecule has 1 fully saturated rings. The highest BCUT2D eigenvalue weighted by molar-refractivity contribution is 6.31. The topological polar surface area (TPSA) is 70.3 Å². The van der Waals surface area contributed by atoms with E-state index in [2.05, 4.69) is 57.1 Å². The molecule has 2 aromatic carbocycles. The van der Waals surface area contributed by atoms with Gasteiger partial charge in [-0.05, 0) is 49.2 Å². The lowest BCUT2D eigenvalue weighted by Crippen LogP contribution is -2.47. The van der Waals surface area contributed by atoms with Crippen LogP contribution in [0.15, 0.2) is 42.7 Å². The summed E-state index contributed by atoms with van der Waals surface area (Å²) in [6.07, 6.45) is -3.21. The lowest BCUT2D eigenvalue weighted by molar-refractivity contribution is -0.137. The first-order valence-electron chi connectivity index (χ1n) is 10.5. The molecule has 0 spiro atoms. The molecule has 2 heterocycles. The van der Waals surface area contributed by atoms with Gasteiger partial charge in [0.05, 0.1) is 10.6 Å². The molecule has 3 N–H and O–H groups in total. The van der Waals surface area contributed by atoms with Crippen LogP contribution in [-0.4, -0.2) is 36.1 Å². The number of hydrogen-bond acceptors (Lipinski definition) is 6. The van der Waals surface area contributed by atoms with Gasteiger partial charge in [-0.3, -0.25) is 0 Å². The van der Waals surface area contributed by atoms with Crippen molar-refractivity contribution in [3.8, 4) is 0 Å². The highest BCUT2D eigenvalue weighted by atomic mass is 35.5.